The summed E-state index contributed by atoms with van der Waals surface area (Å²) in [6.07, 6.45) is -5.21. The number of nitrogens with one attached hydrogen (secondary N) is 1. The summed E-state index contributed by atoms with van der Waals surface area (Å²) in [7, 11) is 1.56. The number of hydrogen-bond acceptors (Lipinski definition) is 3. The maximum absolute atomic E-state index is 12.1. The molecule has 6 heteroatoms. The molecule has 0 aliphatic rings. The van der Waals surface area contributed by atoms with E-state index in [1.807, 2.05) is 31.2 Å². The predicted octanol–water partition coefficient (Wildman–Crippen LogP) is 2.63. The largest absolute Gasteiger partial charge is 0.496 e. The van der Waals surface area contributed by atoms with Crippen LogP contribution in [0, 0.1) is 0 Å². The standard InChI is InChI=1S/C13H19F3N2O/c1-9(11-5-3-4-6-12(11)19-2)18-8-10(17)7-13(14,15)16/h3-6,9-10,18H,7-8,17H2,1-2H3. The first kappa shape index (κ1) is 15.8. The highest BCUT2D eigenvalue weighted by atomic mass is 19.4. The summed E-state index contributed by atoms with van der Waals surface area (Å²) in [6.45, 7) is 1.96. The van der Waals surface area contributed by atoms with Gasteiger partial charge in [-0.25, -0.2) is 0 Å². The number of halogens is 3. The van der Waals surface area contributed by atoms with Crippen molar-refractivity contribution in [3.8, 4) is 5.75 Å². The molecular formula is C13H19F3N2O. The van der Waals surface area contributed by atoms with Gasteiger partial charge in [-0.3, -0.25) is 0 Å². The van der Waals surface area contributed by atoms with Crippen LogP contribution in [0.1, 0.15) is 24.9 Å². The van der Waals surface area contributed by atoms with Crippen molar-refractivity contribution >= 4 is 0 Å². The number of rotatable bonds is 6. The minimum absolute atomic E-state index is 0.0960. The highest BCUT2D eigenvalue weighted by molar-refractivity contribution is 5.35. The molecule has 1 rings (SSSR count). The topological polar surface area (TPSA) is 47.3 Å². The van der Waals surface area contributed by atoms with Gasteiger partial charge in [0.15, 0.2) is 0 Å². The van der Waals surface area contributed by atoms with Gasteiger partial charge in [0.25, 0.3) is 0 Å². The van der Waals surface area contributed by atoms with E-state index in [9.17, 15) is 13.2 Å². The summed E-state index contributed by atoms with van der Waals surface area (Å²) in [5, 5.41) is 2.99. The minimum Gasteiger partial charge on any atom is -0.496 e. The molecule has 0 bridgehead atoms. The van der Waals surface area contributed by atoms with Crippen LogP contribution in [0.4, 0.5) is 13.2 Å². The van der Waals surface area contributed by atoms with Crippen molar-refractivity contribution in [2.45, 2.75) is 31.6 Å². The van der Waals surface area contributed by atoms with Crippen molar-refractivity contribution in [2.75, 3.05) is 13.7 Å². The molecule has 2 atom stereocenters. The second-order valence-electron chi connectivity index (χ2n) is 4.45. The minimum atomic E-state index is -4.23. The normalized spacial score (nSPS) is 15.1. The maximum Gasteiger partial charge on any atom is 0.390 e. The molecule has 0 spiro atoms. The van der Waals surface area contributed by atoms with E-state index in [-0.39, 0.29) is 12.6 Å². The van der Waals surface area contributed by atoms with Gasteiger partial charge in [-0.2, -0.15) is 13.2 Å². The fraction of sp³-hybridized carbons (Fsp3) is 0.538. The van der Waals surface area contributed by atoms with Crippen LogP contribution in [0.5, 0.6) is 5.75 Å². The lowest BCUT2D eigenvalue weighted by Crippen LogP contribution is -2.38. The van der Waals surface area contributed by atoms with Crippen molar-refractivity contribution in [3.05, 3.63) is 29.8 Å². The lowest BCUT2D eigenvalue weighted by molar-refractivity contribution is -0.137. The third-order valence-electron chi connectivity index (χ3n) is 2.79. The monoisotopic (exact) mass is 276 g/mol. The van der Waals surface area contributed by atoms with Crippen LogP contribution in [0.2, 0.25) is 0 Å². The van der Waals surface area contributed by atoms with Gasteiger partial charge in [-0.1, -0.05) is 18.2 Å². The molecule has 3 N–H and O–H groups in total. The Balaban J connectivity index is 2.53. The second kappa shape index (κ2) is 6.77. The molecule has 2 unspecified atom stereocenters. The summed E-state index contributed by atoms with van der Waals surface area (Å²) in [5.41, 5.74) is 6.34. The van der Waals surface area contributed by atoms with Crippen molar-refractivity contribution in [3.63, 3.8) is 0 Å². The Morgan fingerprint density at radius 3 is 2.53 bits per heavy atom. The molecule has 0 radical (unpaired) electrons. The van der Waals surface area contributed by atoms with Crippen LogP contribution < -0.4 is 15.8 Å². The van der Waals surface area contributed by atoms with Gasteiger partial charge < -0.3 is 15.8 Å². The van der Waals surface area contributed by atoms with Gasteiger partial charge in [0, 0.05) is 24.2 Å². The van der Waals surface area contributed by atoms with E-state index in [4.69, 9.17) is 10.5 Å². The van der Waals surface area contributed by atoms with Crippen molar-refractivity contribution in [1.82, 2.24) is 5.32 Å². The Kier molecular flexibility index (Phi) is 5.62. The first-order valence-corrected chi connectivity index (χ1v) is 6.02. The average Bonchev–Trinajstić information content (AvgIpc) is 2.33. The Labute approximate surface area is 110 Å². The number of alkyl halides is 3. The molecule has 0 fully saturated rings. The Bertz CT molecular complexity index is 396. The van der Waals surface area contributed by atoms with Crippen molar-refractivity contribution in [2.24, 2.45) is 5.73 Å². The summed E-state index contributed by atoms with van der Waals surface area (Å²) < 4.78 is 41.6. The summed E-state index contributed by atoms with van der Waals surface area (Å²) >= 11 is 0. The van der Waals surface area contributed by atoms with Crippen molar-refractivity contribution < 1.29 is 17.9 Å². The van der Waals surface area contributed by atoms with Crippen LogP contribution in [0.15, 0.2) is 24.3 Å². The van der Waals surface area contributed by atoms with Gasteiger partial charge in [0.1, 0.15) is 5.75 Å². The van der Waals surface area contributed by atoms with E-state index >= 15 is 0 Å². The quantitative estimate of drug-likeness (QED) is 0.839. The third kappa shape index (κ3) is 5.48. The molecular weight excluding hydrogens is 257 g/mol. The van der Waals surface area contributed by atoms with E-state index in [0.29, 0.717) is 5.75 Å². The lowest BCUT2D eigenvalue weighted by Gasteiger charge is -2.20. The molecule has 0 saturated heterocycles. The second-order valence-corrected chi connectivity index (χ2v) is 4.45. The predicted molar refractivity (Wildman–Crippen MR) is 68.1 cm³/mol. The average molecular weight is 276 g/mol. The molecule has 0 aromatic heterocycles. The third-order valence-corrected chi connectivity index (χ3v) is 2.79. The summed E-state index contributed by atoms with van der Waals surface area (Å²) in [4.78, 5) is 0. The highest BCUT2D eigenvalue weighted by Gasteiger charge is 2.30. The maximum atomic E-state index is 12.1. The summed E-state index contributed by atoms with van der Waals surface area (Å²) in [5.74, 6) is 0.701. The van der Waals surface area contributed by atoms with Crippen LogP contribution in [0.25, 0.3) is 0 Å². The number of hydrogen-bond donors (Lipinski definition) is 2. The van der Waals surface area contributed by atoms with E-state index in [1.165, 1.54) is 0 Å². The van der Waals surface area contributed by atoms with E-state index < -0.39 is 18.6 Å². The highest BCUT2D eigenvalue weighted by Crippen LogP contribution is 2.25. The van der Waals surface area contributed by atoms with E-state index in [1.54, 1.807) is 7.11 Å². The van der Waals surface area contributed by atoms with E-state index in [0.717, 1.165) is 5.56 Å². The van der Waals surface area contributed by atoms with Crippen molar-refractivity contribution in [1.29, 1.82) is 0 Å². The van der Waals surface area contributed by atoms with Crippen LogP contribution in [-0.4, -0.2) is 25.9 Å². The fourth-order valence-electron chi connectivity index (χ4n) is 1.83. The Hall–Kier alpha value is -1.27. The summed E-state index contributed by atoms with van der Waals surface area (Å²) in [6, 6.07) is 6.29. The molecule has 1 aromatic carbocycles. The lowest BCUT2D eigenvalue weighted by atomic mass is 10.1. The molecule has 108 valence electrons. The molecule has 19 heavy (non-hydrogen) atoms. The van der Waals surface area contributed by atoms with Crippen LogP contribution >= 0.6 is 0 Å². The van der Waals surface area contributed by atoms with Gasteiger partial charge in [-0.05, 0) is 13.0 Å². The zero-order chi connectivity index (χ0) is 14.5. The molecule has 0 saturated carbocycles. The molecule has 0 aliphatic heterocycles. The zero-order valence-corrected chi connectivity index (χ0v) is 11.0. The van der Waals surface area contributed by atoms with Crippen LogP contribution in [-0.2, 0) is 0 Å². The molecule has 3 nitrogen and oxygen atoms in total. The zero-order valence-electron chi connectivity index (χ0n) is 11.0. The van der Waals surface area contributed by atoms with Gasteiger partial charge in [-0.15, -0.1) is 0 Å². The smallest absolute Gasteiger partial charge is 0.390 e. The SMILES string of the molecule is COc1ccccc1C(C)NCC(N)CC(F)(F)F. The number of methoxy groups -OCH3 is 1. The number of ether oxygens (including phenoxy) is 1. The molecule has 0 heterocycles. The van der Waals surface area contributed by atoms with Gasteiger partial charge >= 0.3 is 6.18 Å². The van der Waals surface area contributed by atoms with Gasteiger partial charge in [0.05, 0.1) is 13.5 Å². The van der Waals surface area contributed by atoms with E-state index in [2.05, 4.69) is 5.32 Å². The first-order valence-electron chi connectivity index (χ1n) is 6.02. The molecule has 0 aliphatic carbocycles. The first-order chi connectivity index (χ1) is 8.83. The Morgan fingerprint density at radius 2 is 1.95 bits per heavy atom. The number of benzene rings is 1. The number of para-hydroxylation sites is 1. The van der Waals surface area contributed by atoms with Crippen LogP contribution in [0.3, 0.4) is 0 Å². The fourth-order valence-corrected chi connectivity index (χ4v) is 1.83. The number of nitrogens with two attached hydrogens (primary N) is 1. The van der Waals surface area contributed by atoms with Gasteiger partial charge in [0.2, 0.25) is 0 Å². The Morgan fingerprint density at radius 1 is 1.32 bits per heavy atom. The molecule has 0 amide bonds. The molecule has 1 aromatic rings.